The topological polar surface area (TPSA) is 105 Å². The van der Waals surface area contributed by atoms with Gasteiger partial charge in [-0.2, -0.15) is 8.78 Å². The highest BCUT2D eigenvalue weighted by Gasteiger charge is 2.51. The monoisotopic (exact) mass is 498 g/mol. The largest absolute Gasteiger partial charge is 0.375 e. The van der Waals surface area contributed by atoms with Crippen molar-refractivity contribution < 1.29 is 28.3 Å². The first kappa shape index (κ1) is 24.3. The van der Waals surface area contributed by atoms with E-state index in [2.05, 4.69) is 10.3 Å². The zero-order valence-electron chi connectivity index (χ0n) is 19.8. The number of carbonyl (C=O) groups excluding carboxylic acids is 2. The zero-order valence-corrected chi connectivity index (χ0v) is 19.8. The normalized spacial score (nSPS) is 23.9. The number of carbonyl (C=O) groups is 2. The number of ether oxygens (including phenoxy) is 1. The van der Waals surface area contributed by atoms with Crippen LogP contribution < -0.4 is 10.8 Å². The van der Waals surface area contributed by atoms with Crippen LogP contribution in [0.5, 0.6) is 0 Å². The first-order valence-corrected chi connectivity index (χ1v) is 12.0. The molecule has 2 aliphatic rings. The lowest BCUT2D eigenvalue weighted by molar-refractivity contribution is -0.134. The van der Waals surface area contributed by atoms with Crippen LogP contribution in [0.1, 0.15) is 54.4 Å². The number of benzene rings is 2. The summed E-state index contributed by atoms with van der Waals surface area (Å²) in [5, 5.41) is 12.1. The molecule has 2 amide bonds. The SMILES string of the molecule is CC(F)(F)c1nc2ccccc2n1Cc1ccc(C(=O)N[C@@H]2C[C@@]3(CCCO3)C[C@@H]2C(=O)NO)cc1. The number of imidazole rings is 1. The first-order valence-electron chi connectivity index (χ1n) is 12.0. The van der Waals surface area contributed by atoms with E-state index in [1.165, 1.54) is 4.57 Å². The van der Waals surface area contributed by atoms with Gasteiger partial charge in [0.15, 0.2) is 5.82 Å². The zero-order chi connectivity index (χ0) is 25.5. The molecular formula is C26H28F2N4O4. The number of aromatic nitrogens is 2. The predicted octanol–water partition coefficient (Wildman–Crippen LogP) is 3.76. The first-order chi connectivity index (χ1) is 17.2. The van der Waals surface area contributed by atoms with Crippen LogP contribution in [0.3, 0.4) is 0 Å². The maximum atomic E-state index is 14.3. The molecule has 3 N–H and O–H groups in total. The Hall–Kier alpha value is -3.37. The molecule has 2 aromatic carbocycles. The van der Waals surface area contributed by atoms with Gasteiger partial charge in [0.2, 0.25) is 5.91 Å². The number of nitrogens with one attached hydrogen (secondary N) is 2. The lowest BCUT2D eigenvalue weighted by Crippen LogP contribution is -2.43. The van der Waals surface area contributed by atoms with E-state index in [-0.39, 0.29) is 18.3 Å². The minimum Gasteiger partial charge on any atom is -0.375 e. The average Bonchev–Trinajstić information content (AvgIpc) is 3.57. The van der Waals surface area contributed by atoms with Crippen LogP contribution in [-0.4, -0.2) is 44.8 Å². The molecule has 1 saturated carbocycles. The molecule has 3 atom stereocenters. The van der Waals surface area contributed by atoms with Crippen molar-refractivity contribution in [2.45, 2.75) is 56.7 Å². The maximum Gasteiger partial charge on any atom is 0.302 e. The summed E-state index contributed by atoms with van der Waals surface area (Å²) in [7, 11) is 0. The van der Waals surface area contributed by atoms with Gasteiger partial charge in [-0.15, -0.1) is 0 Å². The number of para-hydroxylation sites is 2. The number of fused-ring (bicyclic) bond motifs is 1. The molecule has 8 nitrogen and oxygen atoms in total. The van der Waals surface area contributed by atoms with E-state index in [0.29, 0.717) is 36.0 Å². The lowest BCUT2D eigenvalue weighted by atomic mass is 9.96. The standard InChI is InChI=1S/C26H28F2N4O4/c1-25(27,28)24-30-19-5-2-3-6-21(19)32(24)15-16-7-9-17(10-8-16)22(33)29-20-14-26(11-4-12-36-26)13-18(20)23(34)31-35/h2-3,5-10,18,20,35H,4,11-15H2,1H3,(H,29,33)(H,31,34)/t18-,20+,26+/m0/s1. The van der Waals surface area contributed by atoms with E-state index in [9.17, 15) is 18.4 Å². The molecule has 2 fully saturated rings. The third-order valence-corrected chi connectivity index (χ3v) is 7.22. The third-order valence-electron chi connectivity index (χ3n) is 7.22. The van der Waals surface area contributed by atoms with Gasteiger partial charge in [0.05, 0.1) is 22.6 Å². The smallest absolute Gasteiger partial charge is 0.302 e. The summed E-state index contributed by atoms with van der Waals surface area (Å²) >= 11 is 0. The number of nitrogens with zero attached hydrogens (tertiary/aromatic N) is 2. The Morgan fingerprint density at radius 3 is 2.61 bits per heavy atom. The van der Waals surface area contributed by atoms with E-state index < -0.39 is 29.4 Å². The highest BCUT2D eigenvalue weighted by atomic mass is 19.3. The van der Waals surface area contributed by atoms with E-state index in [4.69, 9.17) is 9.94 Å². The molecule has 1 spiro atoms. The number of halogens is 2. The van der Waals surface area contributed by atoms with Crippen LogP contribution in [0.15, 0.2) is 48.5 Å². The summed E-state index contributed by atoms with van der Waals surface area (Å²) in [6.07, 6.45) is 2.64. The van der Waals surface area contributed by atoms with E-state index in [1.54, 1.807) is 54.0 Å². The number of rotatable bonds is 6. The minimum absolute atomic E-state index is 0.169. The Bertz CT molecular complexity index is 1280. The van der Waals surface area contributed by atoms with Gasteiger partial charge in [-0.25, -0.2) is 10.5 Å². The van der Waals surface area contributed by atoms with Crippen LogP contribution in [0.25, 0.3) is 11.0 Å². The highest BCUT2D eigenvalue weighted by Crippen LogP contribution is 2.44. The van der Waals surface area contributed by atoms with Gasteiger partial charge in [-0.05, 0) is 55.5 Å². The van der Waals surface area contributed by atoms with Crippen molar-refractivity contribution in [3.8, 4) is 0 Å². The van der Waals surface area contributed by atoms with Crippen LogP contribution in [0, 0.1) is 5.92 Å². The predicted molar refractivity (Wildman–Crippen MR) is 127 cm³/mol. The maximum absolute atomic E-state index is 14.3. The average molecular weight is 499 g/mol. The number of hydrogen-bond acceptors (Lipinski definition) is 5. The van der Waals surface area contributed by atoms with Gasteiger partial charge in [-0.3, -0.25) is 14.8 Å². The molecule has 1 aromatic heterocycles. The van der Waals surface area contributed by atoms with E-state index >= 15 is 0 Å². The molecule has 1 saturated heterocycles. The molecule has 0 radical (unpaired) electrons. The third kappa shape index (κ3) is 4.58. The molecule has 1 aliphatic carbocycles. The second-order valence-electron chi connectivity index (χ2n) is 9.80. The van der Waals surface area contributed by atoms with Crippen molar-refractivity contribution in [2.75, 3.05) is 6.61 Å². The lowest BCUT2D eigenvalue weighted by Gasteiger charge is -2.22. The van der Waals surface area contributed by atoms with Crippen molar-refractivity contribution in [1.82, 2.24) is 20.3 Å². The Labute approximate surface area is 206 Å². The van der Waals surface area contributed by atoms with E-state index in [1.807, 2.05) is 0 Å². The van der Waals surface area contributed by atoms with Crippen molar-refractivity contribution in [1.29, 1.82) is 0 Å². The minimum atomic E-state index is -3.11. The van der Waals surface area contributed by atoms with Crippen LogP contribution >= 0.6 is 0 Å². The molecule has 1 aliphatic heterocycles. The molecule has 3 aromatic rings. The fourth-order valence-corrected chi connectivity index (χ4v) is 5.52. The summed E-state index contributed by atoms with van der Waals surface area (Å²) in [6.45, 7) is 1.61. The van der Waals surface area contributed by atoms with Gasteiger partial charge >= 0.3 is 5.92 Å². The second kappa shape index (κ2) is 9.25. The second-order valence-corrected chi connectivity index (χ2v) is 9.80. The van der Waals surface area contributed by atoms with Crippen molar-refractivity contribution in [3.63, 3.8) is 0 Å². The Balaban J connectivity index is 1.33. The van der Waals surface area contributed by atoms with Gasteiger partial charge in [0.25, 0.3) is 5.91 Å². The fourth-order valence-electron chi connectivity index (χ4n) is 5.52. The van der Waals surface area contributed by atoms with E-state index in [0.717, 1.165) is 25.3 Å². The summed E-state index contributed by atoms with van der Waals surface area (Å²) in [5.41, 5.74) is 3.47. The summed E-state index contributed by atoms with van der Waals surface area (Å²) in [4.78, 5) is 29.4. The number of hydrogen-bond donors (Lipinski definition) is 3. The van der Waals surface area contributed by atoms with Gasteiger partial charge in [0, 0.05) is 31.7 Å². The molecular weight excluding hydrogens is 470 g/mol. The molecule has 36 heavy (non-hydrogen) atoms. The van der Waals surface area contributed by atoms with Gasteiger partial charge in [-0.1, -0.05) is 24.3 Å². The summed E-state index contributed by atoms with van der Waals surface area (Å²) in [5.74, 6) is -4.92. The molecule has 5 rings (SSSR count). The molecule has 2 heterocycles. The van der Waals surface area contributed by atoms with Gasteiger partial charge in [0.1, 0.15) is 0 Å². The Morgan fingerprint density at radius 2 is 1.94 bits per heavy atom. The van der Waals surface area contributed by atoms with Crippen molar-refractivity contribution >= 4 is 22.8 Å². The molecule has 0 unspecified atom stereocenters. The quantitative estimate of drug-likeness (QED) is 0.355. The van der Waals surface area contributed by atoms with Crippen molar-refractivity contribution in [3.05, 3.63) is 65.5 Å². The number of amides is 2. The van der Waals surface area contributed by atoms with Crippen LogP contribution in [-0.2, 0) is 22.0 Å². The van der Waals surface area contributed by atoms with Crippen LogP contribution in [0.4, 0.5) is 8.78 Å². The molecule has 190 valence electrons. The summed E-state index contributed by atoms with van der Waals surface area (Å²) < 4.78 is 35.9. The fraction of sp³-hybridized carbons (Fsp3) is 0.423. The molecule has 10 heteroatoms. The molecule has 0 bridgehead atoms. The van der Waals surface area contributed by atoms with Crippen molar-refractivity contribution in [2.24, 2.45) is 5.92 Å². The number of alkyl halides is 2. The number of hydroxylamine groups is 1. The summed E-state index contributed by atoms with van der Waals surface area (Å²) in [6, 6.07) is 13.2. The Morgan fingerprint density at radius 1 is 1.19 bits per heavy atom. The Kier molecular flexibility index (Phi) is 6.25. The van der Waals surface area contributed by atoms with Gasteiger partial charge < -0.3 is 14.6 Å². The highest BCUT2D eigenvalue weighted by molar-refractivity contribution is 5.95. The van der Waals surface area contributed by atoms with Crippen LogP contribution in [0.2, 0.25) is 0 Å².